The minimum Gasteiger partial charge on any atom is -0.493 e. The van der Waals surface area contributed by atoms with E-state index in [0.29, 0.717) is 29.7 Å². The van der Waals surface area contributed by atoms with E-state index >= 15 is 0 Å². The van der Waals surface area contributed by atoms with Gasteiger partial charge in [0, 0.05) is 23.2 Å². The zero-order valence-corrected chi connectivity index (χ0v) is 11.2. The van der Waals surface area contributed by atoms with E-state index in [2.05, 4.69) is 11.9 Å². The van der Waals surface area contributed by atoms with Crippen molar-refractivity contribution in [2.24, 2.45) is 0 Å². The molecule has 1 rings (SSSR count). The maximum absolute atomic E-state index is 6.02. The molecule has 0 unspecified atom stereocenters. The van der Waals surface area contributed by atoms with Crippen LogP contribution in [0.2, 0.25) is 5.02 Å². The summed E-state index contributed by atoms with van der Waals surface area (Å²) in [5.74, 6) is 1.36. The van der Waals surface area contributed by atoms with E-state index in [9.17, 15) is 0 Å². The van der Waals surface area contributed by atoms with Gasteiger partial charge in [0.2, 0.25) is 0 Å². The molecule has 0 saturated heterocycles. The number of hydrogen-bond acceptors (Lipinski definition) is 3. The van der Waals surface area contributed by atoms with E-state index in [1.54, 1.807) is 13.2 Å². The Balaban J connectivity index is 3.07. The van der Waals surface area contributed by atoms with Crippen molar-refractivity contribution in [3.63, 3.8) is 0 Å². The van der Waals surface area contributed by atoms with Crippen LogP contribution >= 0.6 is 11.6 Å². The van der Waals surface area contributed by atoms with Crippen molar-refractivity contribution in [3.8, 4) is 11.5 Å². The van der Waals surface area contributed by atoms with Crippen LogP contribution in [0.25, 0.3) is 0 Å². The Labute approximate surface area is 107 Å². The van der Waals surface area contributed by atoms with Crippen LogP contribution in [0.5, 0.6) is 11.5 Å². The normalized spacial score (nSPS) is 10.1. The van der Waals surface area contributed by atoms with E-state index in [-0.39, 0.29) is 0 Å². The monoisotopic (exact) mass is 255 g/mol. The molecule has 0 aliphatic carbocycles. The van der Waals surface area contributed by atoms with Gasteiger partial charge in [0.15, 0.2) is 11.5 Å². The fourth-order valence-electron chi connectivity index (χ4n) is 1.46. The van der Waals surface area contributed by atoms with Crippen molar-refractivity contribution in [1.82, 2.24) is 5.32 Å². The van der Waals surface area contributed by atoms with Gasteiger partial charge in [-0.1, -0.05) is 18.2 Å². The van der Waals surface area contributed by atoms with Crippen molar-refractivity contribution >= 4 is 11.6 Å². The fraction of sp³-hybridized carbons (Fsp3) is 0.385. The molecular weight excluding hydrogens is 238 g/mol. The predicted octanol–water partition coefficient (Wildman–Crippen LogP) is 3.02. The number of hydrogen-bond donors (Lipinski definition) is 1. The van der Waals surface area contributed by atoms with Gasteiger partial charge in [-0.05, 0) is 25.6 Å². The zero-order valence-electron chi connectivity index (χ0n) is 10.5. The number of ether oxygens (including phenoxy) is 2. The molecule has 1 aromatic rings. The fourth-order valence-corrected chi connectivity index (χ4v) is 1.69. The Hall–Kier alpha value is -1.19. The van der Waals surface area contributed by atoms with Gasteiger partial charge in [0.05, 0.1) is 7.11 Å². The second-order valence-corrected chi connectivity index (χ2v) is 4.31. The molecule has 4 heteroatoms. The van der Waals surface area contributed by atoms with Gasteiger partial charge in [0.1, 0.15) is 6.61 Å². The predicted molar refractivity (Wildman–Crippen MR) is 71.1 cm³/mol. The molecule has 0 saturated carbocycles. The molecule has 1 N–H and O–H groups in total. The molecule has 0 fully saturated rings. The highest BCUT2D eigenvalue weighted by atomic mass is 35.5. The number of nitrogens with one attached hydrogen (secondary N) is 1. The summed E-state index contributed by atoms with van der Waals surface area (Å²) in [5, 5.41) is 3.71. The third kappa shape index (κ3) is 3.95. The average Bonchev–Trinajstić information content (AvgIpc) is 2.27. The first-order valence-electron chi connectivity index (χ1n) is 5.36. The number of rotatable bonds is 6. The number of halogens is 1. The van der Waals surface area contributed by atoms with Gasteiger partial charge in [0.25, 0.3) is 0 Å². The Kier molecular flexibility index (Phi) is 5.32. The Morgan fingerprint density at radius 1 is 1.47 bits per heavy atom. The molecule has 0 bridgehead atoms. The Morgan fingerprint density at radius 3 is 2.71 bits per heavy atom. The quantitative estimate of drug-likeness (QED) is 0.793. The smallest absolute Gasteiger partial charge is 0.166 e. The molecule has 94 valence electrons. The molecule has 0 aliphatic rings. The standard InChI is InChI=1S/C13H18ClNO2/c1-9(2)8-17-13-10(7-15-3)5-11(14)6-12(13)16-4/h5-6,15H,1,7-8H2,2-4H3. The number of benzene rings is 1. The molecule has 1 aromatic carbocycles. The summed E-state index contributed by atoms with van der Waals surface area (Å²) in [7, 11) is 3.47. The van der Waals surface area contributed by atoms with Crippen LogP contribution in [0.15, 0.2) is 24.3 Å². The lowest BCUT2D eigenvalue weighted by Gasteiger charge is -2.15. The highest BCUT2D eigenvalue weighted by molar-refractivity contribution is 6.30. The number of methoxy groups -OCH3 is 1. The molecule has 0 radical (unpaired) electrons. The lowest BCUT2D eigenvalue weighted by atomic mass is 10.2. The summed E-state index contributed by atoms with van der Waals surface area (Å²) < 4.78 is 11.0. The summed E-state index contributed by atoms with van der Waals surface area (Å²) in [6, 6.07) is 3.61. The molecule has 0 amide bonds. The van der Waals surface area contributed by atoms with E-state index < -0.39 is 0 Å². The lowest BCUT2D eigenvalue weighted by molar-refractivity contribution is 0.316. The van der Waals surface area contributed by atoms with Gasteiger partial charge in [-0.15, -0.1) is 0 Å². The summed E-state index contributed by atoms with van der Waals surface area (Å²) in [5.41, 5.74) is 1.93. The largest absolute Gasteiger partial charge is 0.493 e. The summed E-state index contributed by atoms with van der Waals surface area (Å²) in [6.07, 6.45) is 0. The molecule has 0 heterocycles. The first-order valence-corrected chi connectivity index (χ1v) is 5.74. The topological polar surface area (TPSA) is 30.5 Å². The van der Waals surface area contributed by atoms with Crippen molar-refractivity contribution in [2.75, 3.05) is 20.8 Å². The van der Waals surface area contributed by atoms with Gasteiger partial charge < -0.3 is 14.8 Å². The van der Waals surface area contributed by atoms with Crippen molar-refractivity contribution < 1.29 is 9.47 Å². The first-order chi connectivity index (χ1) is 8.08. The summed E-state index contributed by atoms with van der Waals surface area (Å²) in [6.45, 7) is 6.86. The van der Waals surface area contributed by atoms with Crippen LogP contribution in [0.3, 0.4) is 0 Å². The minimum atomic E-state index is 0.467. The Bertz CT molecular complexity index is 405. The van der Waals surface area contributed by atoms with Crippen LogP contribution in [0.4, 0.5) is 0 Å². The summed E-state index contributed by atoms with van der Waals surface area (Å²) in [4.78, 5) is 0. The van der Waals surface area contributed by atoms with Crippen LogP contribution in [0, 0.1) is 0 Å². The van der Waals surface area contributed by atoms with E-state index in [4.69, 9.17) is 21.1 Å². The van der Waals surface area contributed by atoms with Crippen LogP contribution in [-0.4, -0.2) is 20.8 Å². The highest BCUT2D eigenvalue weighted by Gasteiger charge is 2.12. The van der Waals surface area contributed by atoms with Crippen molar-refractivity contribution in [2.45, 2.75) is 13.5 Å². The lowest BCUT2D eigenvalue weighted by Crippen LogP contribution is -2.09. The van der Waals surface area contributed by atoms with Gasteiger partial charge in [-0.2, -0.15) is 0 Å². The molecule has 0 atom stereocenters. The third-order valence-corrected chi connectivity index (χ3v) is 2.36. The SMILES string of the molecule is C=C(C)COc1c(CNC)cc(Cl)cc1OC. The van der Waals surface area contributed by atoms with E-state index in [0.717, 1.165) is 11.1 Å². The minimum absolute atomic E-state index is 0.467. The molecule has 0 aromatic heterocycles. The van der Waals surface area contributed by atoms with Crippen LogP contribution in [-0.2, 0) is 6.54 Å². The third-order valence-electron chi connectivity index (χ3n) is 2.15. The van der Waals surface area contributed by atoms with E-state index in [1.807, 2.05) is 20.0 Å². The molecule has 3 nitrogen and oxygen atoms in total. The molecule has 17 heavy (non-hydrogen) atoms. The van der Waals surface area contributed by atoms with Crippen LogP contribution in [0.1, 0.15) is 12.5 Å². The van der Waals surface area contributed by atoms with Gasteiger partial charge in [-0.25, -0.2) is 0 Å². The average molecular weight is 256 g/mol. The second-order valence-electron chi connectivity index (χ2n) is 3.87. The van der Waals surface area contributed by atoms with Gasteiger partial charge >= 0.3 is 0 Å². The van der Waals surface area contributed by atoms with Crippen molar-refractivity contribution in [3.05, 3.63) is 34.9 Å². The Morgan fingerprint density at radius 2 is 2.18 bits per heavy atom. The van der Waals surface area contributed by atoms with E-state index in [1.165, 1.54) is 0 Å². The summed E-state index contributed by atoms with van der Waals surface area (Å²) >= 11 is 6.02. The molecule has 0 aliphatic heterocycles. The highest BCUT2D eigenvalue weighted by Crippen LogP contribution is 2.34. The molecular formula is C13H18ClNO2. The zero-order chi connectivity index (χ0) is 12.8. The molecule has 0 spiro atoms. The maximum Gasteiger partial charge on any atom is 0.166 e. The first kappa shape index (κ1) is 13.9. The van der Waals surface area contributed by atoms with Gasteiger partial charge in [-0.3, -0.25) is 0 Å². The second kappa shape index (κ2) is 6.52. The van der Waals surface area contributed by atoms with Crippen LogP contribution < -0.4 is 14.8 Å². The maximum atomic E-state index is 6.02. The van der Waals surface area contributed by atoms with Crippen molar-refractivity contribution in [1.29, 1.82) is 0 Å².